The SMILES string of the molecule is C=CCC(=O)Cc1ccc(C(=O)CC=C)c(C(=O)CC=C)c1. The Kier molecular flexibility index (Phi) is 6.90. The second kappa shape index (κ2) is 8.67. The standard InChI is InChI=1S/C19H20O3/c1-4-7-15(20)12-14-10-11-16(18(21)8-5-2)17(13-14)19(22)9-6-3/h4-6,10-11,13H,1-3,7-9,12H2. The first-order valence-electron chi connectivity index (χ1n) is 7.07. The normalized spacial score (nSPS) is 9.82. The quantitative estimate of drug-likeness (QED) is 0.486. The Labute approximate surface area is 131 Å². The van der Waals surface area contributed by atoms with E-state index in [0.29, 0.717) is 11.1 Å². The lowest BCUT2D eigenvalue weighted by molar-refractivity contribution is -0.117. The van der Waals surface area contributed by atoms with Gasteiger partial charge in [-0.3, -0.25) is 14.4 Å². The highest BCUT2D eigenvalue weighted by Gasteiger charge is 2.16. The van der Waals surface area contributed by atoms with Gasteiger partial charge in [-0.25, -0.2) is 0 Å². The van der Waals surface area contributed by atoms with Crippen LogP contribution in [0.1, 0.15) is 45.5 Å². The number of ketones is 3. The maximum absolute atomic E-state index is 12.2. The molecule has 0 saturated heterocycles. The van der Waals surface area contributed by atoms with E-state index in [2.05, 4.69) is 19.7 Å². The Morgan fingerprint density at radius 2 is 1.36 bits per heavy atom. The van der Waals surface area contributed by atoms with Crippen molar-refractivity contribution in [3.05, 3.63) is 72.9 Å². The topological polar surface area (TPSA) is 51.2 Å². The first-order chi connectivity index (χ1) is 10.5. The monoisotopic (exact) mass is 296 g/mol. The maximum Gasteiger partial charge on any atom is 0.167 e. The summed E-state index contributed by atoms with van der Waals surface area (Å²) in [5, 5.41) is 0. The molecule has 0 radical (unpaired) electrons. The Balaban J connectivity index is 3.18. The van der Waals surface area contributed by atoms with Gasteiger partial charge in [-0.2, -0.15) is 0 Å². The Bertz CT molecular complexity index is 624. The molecule has 1 rings (SSSR count). The van der Waals surface area contributed by atoms with E-state index in [0.717, 1.165) is 5.56 Å². The summed E-state index contributed by atoms with van der Waals surface area (Å²) in [4.78, 5) is 36.0. The van der Waals surface area contributed by atoms with Crippen LogP contribution >= 0.6 is 0 Å². The zero-order chi connectivity index (χ0) is 16.5. The second-order valence-corrected chi connectivity index (χ2v) is 4.92. The van der Waals surface area contributed by atoms with Crippen molar-refractivity contribution >= 4 is 17.3 Å². The Hall–Kier alpha value is -2.55. The van der Waals surface area contributed by atoms with Gasteiger partial charge in [-0.1, -0.05) is 30.4 Å². The van der Waals surface area contributed by atoms with Crippen molar-refractivity contribution in [1.82, 2.24) is 0 Å². The highest BCUT2D eigenvalue weighted by Crippen LogP contribution is 2.18. The summed E-state index contributed by atoms with van der Waals surface area (Å²) in [7, 11) is 0. The van der Waals surface area contributed by atoms with E-state index < -0.39 is 0 Å². The minimum absolute atomic E-state index is 0.0160. The number of benzene rings is 1. The molecule has 114 valence electrons. The summed E-state index contributed by atoms with van der Waals surface area (Å²) in [6, 6.07) is 4.95. The van der Waals surface area contributed by atoms with Gasteiger partial charge in [0, 0.05) is 36.8 Å². The number of hydrogen-bond donors (Lipinski definition) is 0. The summed E-state index contributed by atoms with van der Waals surface area (Å²) in [6.07, 6.45) is 5.38. The van der Waals surface area contributed by atoms with E-state index >= 15 is 0 Å². The molecule has 0 fully saturated rings. The number of rotatable bonds is 10. The van der Waals surface area contributed by atoms with E-state index in [-0.39, 0.29) is 43.0 Å². The molecule has 0 saturated carbocycles. The molecule has 0 bridgehead atoms. The Morgan fingerprint density at radius 1 is 0.818 bits per heavy atom. The average molecular weight is 296 g/mol. The lowest BCUT2D eigenvalue weighted by atomic mass is 9.93. The first-order valence-corrected chi connectivity index (χ1v) is 7.07. The van der Waals surface area contributed by atoms with Crippen molar-refractivity contribution in [3.8, 4) is 0 Å². The smallest absolute Gasteiger partial charge is 0.167 e. The summed E-state index contributed by atoms with van der Waals surface area (Å²) in [6.45, 7) is 10.6. The van der Waals surface area contributed by atoms with Gasteiger partial charge in [0.05, 0.1) is 0 Å². The molecule has 0 spiro atoms. The van der Waals surface area contributed by atoms with Crippen molar-refractivity contribution < 1.29 is 14.4 Å². The van der Waals surface area contributed by atoms with Crippen LogP contribution in [0.4, 0.5) is 0 Å². The maximum atomic E-state index is 12.2. The van der Waals surface area contributed by atoms with Gasteiger partial charge in [0.1, 0.15) is 5.78 Å². The average Bonchev–Trinajstić information content (AvgIpc) is 2.47. The third-order valence-corrected chi connectivity index (χ3v) is 3.12. The molecule has 0 N–H and O–H groups in total. The van der Waals surface area contributed by atoms with Gasteiger partial charge in [-0.15, -0.1) is 19.7 Å². The van der Waals surface area contributed by atoms with Gasteiger partial charge in [0.2, 0.25) is 0 Å². The number of Topliss-reactive ketones (excluding diaryl/α,β-unsaturated/α-hetero) is 3. The molecule has 0 aromatic heterocycles. The fourth-order valence-electron chi connectivity index (χ4n) is 2.12. The molecule has 3 heteroatoms. The largest absolute Gasteiger partial charge is 0.299 e. The number of carbonyl (C=O) groups is 3. The van der Waals surface area contributed by atoms with Gasteiger partial charge in [0.15, 0.2) is 11.6 Å². The fourth-order valence-corrected chi connectivity index (χ4v) is 2.12. The fraction of sp³-hybridized carbons (Fsp3) is 0.211. The van der Waals surface area contributed by atoms with Crippen LogP contribution in [-0.2, 0) is 11.2 Å². The zero-order valence-electron chi connectivity index (χ0n) is 12.6. The van der Waals surface area contributed by atoms with Crippen LogP contribution in [0.2, 0.25) is 0 Å². The van der Waals surface area contributed by atoms with Gasteiger partial charge in [0.25, 0.3) is 0 Å². The zero-order valence-corrected chi connectivity index (χ0v) is 12.6. The Morgan fingerprint density at radius 3 is 1.91 bits per heavy atom. The minimum atomic E-state index is -0.180. The molecule has 0 aliphatic heterocycles. The predicted molar refractivity (Wildman–Crippen MR) is 88.3 cm³/mol. The first kappa shape index (κ1) is 17.5. The van der Waals surface area contributed by atoms with Crippen molar-refractivity contribution in [3.63, 3.8) is 0 Å². The van der Waals surface area contributed by atoms with Crippen LogP contribution in [0, 0.1) is 0 Å². The van der Waals surface area contributed by atoms with Crippen LogP contribution in [0.3, 0.4) is 0 Å². The molecule has 0 aliphatic rings. The third-order valence-electron chi connectivity index (χ3n) is 3.12. The molecule has 0 amide bonds. The van der Waals surface area contributed by atoms with E-state index in [1.165, 1.54) is 12.2 Å². The van der Waals surface area contributed by atoms with E-state index in [4.69, 9.17) is 0 Å². The minimum Gasteiger partial charge on any atom is -0.299 e. The van der Waals surface area contributed by atoms with Crippen molar-refractivity contribution in [2.45, 2.75) is 25.7 Å². The van der Waals surface area contributed by atoms with Crippen molar-refractivity contribution in [2.75, 3.05) is 0 Å². The van der Waals surface area contributed by atoms with Crippen LogP contribution in [0.15, 0.2) is 56.2 Å². The van der Waals surface area contributed by atoms with Crippen molar-refractivity contribution in [1.29, 1.82) is 0 Å². The molecule has 0 heterocycles. The summed E-state index contributed by atoms with van der Waals surface area (Å²) >= 11 is 0. The number of carbonyl (C=O) groups excluding carboxylic acids is 3. The summed E-state index contributed by atoms with van der Waals surface area (Å²) in [5.74, 6) is -0.325. The molecule has 3 nitrogen and oxygen atoms in total. The highest BCUT2D eigenvalue weighted by atomic mass is 16.1. The van der Waals surface area contributed by atoms with Gasteiger partial charge >= 0.3 is 0 Å². The molecular formula is C19H20O3. The molecular weight excluding hydrogens is 276 g/mol. The summed E-state index contributed by atoms with van der Waals surface area (Å²) < 4.78 is 0. The number of hydrogen-bond acceptors (Lipinski definition) is 3. The molecule has 1 aromatic rings. The van der Waals surface area contributed by atoms with Gasteiger partial charge < -0.3 is 0 Å². The highest BCUT2D eigenvalue weighted by molar-refractivity contribution is 6.09. The lowest BCUT2D eigenvalue weighted by Gasteiger charge is -2.09. The van der Waals surface area contributed by atoms with Gasteiger partial charge in [-0.05, 0) is 11.6 Å². The summed E-state index contributed by atoms with van der Waals surface area (Å²) in [5.41, 5.74) is 1.43. The van der Waals surface area contributed by atoms with Crippen LogP contribution in [0.5, 0.6) is 0 Å². The molecule has 1 aromatic carbocycles. The molecule has 22 heavy (non-hydrogen) atoms. The lowest BCUT2D eigenvalue weighted by Crippen LogP contribution is -2.10. The number of allylic oxidation sites excluding steroid dienone is 3. The second-order valence-electron chi connectivity index (χ2n) is 4.92. The van der Waals surface area contributed by atoms with Crippen LogP contribution in [-0.4, -0.2) is 17.3 Å². The molecule has 0 unspecified atom stereocenters. The van der Waals surface area contributed by atoms with Crippen LogP contribution in [0.25, 0.3) is 0 Å². The van der Waals surface area contributed by atoms with Crippen LogP contribution < -0.4 is 0 Å². The van der Waals surface area contributed by atoms with E-state index in [9.17, 15) is 14.4 Å². The van der Waals surface area contributed by atoms with E-state index in [1.54, 1.807) is 24.3 Å². The third kappa shape index (κ3) is 4.77. The molecule has 0 atom stereocenters. The predicted octanol–water partition coefficient (Wildman–Crippen LogP) is 3.89. The molecule has 0 aliphatic carbocycles. The van der Waals surface area contributed by atoms with Crippen molar-refractivity contribution in [2.24, 2.45) is 0 Å². The van der Waals surface area contributed by atoms with E-state index in [1.807, 2.05) is 0 Å².